The van der Waals surface area contributed by atoms with Gasteiger partial charge in [-0.25, -0.2) is 0 Å². The topological polar surface area (TPSA) is 3.24 Å². The summed E-state index contributed by atoms with van der Waals surface area (Å²) < 4.78 is 0. The first-order valence-electron chi connectivity index (χ1n) is 10.1. The molecule has 5 rings (SSSR count). The van der Waals surface area contributed by atoms with Crippen LogP contribution in [0.2, 0.25) is 0 Å². The lowest BCUT2D eigenvalue weighted by Crippen LogP contribution is -2.33. The average Bonchev–Trinajstić information content (AvgIpc) is 2.74. The van der Waals surface area contributed by atoms with E-state index >= 15 is 0 Å². The molecule has 1 nitrogen and oxygen atoms in total. The van der Waals surface area contributed by atoms with Crippen LogP contribution in [-0.2, 0) is 6.54 Å². The number of nitrogens with zero attached hydrogens (tertiary/aromatic N) is 1. The van der Waals surface area contributed by atoms with Gasteiger partial charge in [-0.1, -0.05) is 85.3 Å². The Morgan fingerprint density at radius 3 is 2.26 bits per heavy atom. The number of hydrogen-bond donors (Lipinski definition) is 0. The molecule has 4 aromatic rings. The zero-order chi connectivity index (χ0) is 18.1. The summed E-state index contributed by atoms with van der Waals surface area (Å²) in [4.78, 5) is 2.69. The first kappa shape index (κ1) is 16.5. The molecule has 1 saturated heterocycles. The summed E-state index contributed by atoms with van der Waals surface area (Å²) in [6, 6.07) is 31.6. The number of fused-ring (bicyclic) bond motifs is 3. The van der Waals surface area contributed by atoms with Gasteiger partial charge in [-0.3, -0.25) is 4.90 Å². The third-order valence-electron chi connectivity index (χ3n) is 6.00. The number of benzene rings is 4. The highest BCUT2D eigenvalue weighted by Crippen LogP contribution is 2.39. The maximum absolute atomic E-state index is 2.69. The highest BCUT2D eigenvalue weighted by molar-refractivity contribution is 6.09. The van der Waals surface area contributed by atoms with Gasteiger partial charge in [0.1, 0.15) is 0 Å². The second-order valence-electron chi connectivity index (χ2n) is 7.70. The van der Waals surface area contributed by atoms with E-state index in [0.717, 1.165) is 6.54 Å². The first-order chi connectivity index (χ1) is 13.4. The van der Waals surface area contributed by atoms with Crippen LogP contribution < -0.4 is 0 Å². The number of hydrogen-bond acceptors (Lipinski definition) is 1. The van der Waals surface area contributed by atoms with Crippen molar-refractivity contribution in [2.45, 2.75) is 31.8 Å². The third kappa shape index (κ3) is 3.13. The molecule has 134 valence electrons. The number of piperidine rings is 1. The van der Waals surface area contributed by atoms with Crippen LogP contribution in [0.5, 0.6) is 0 Å². The molecule has 0 spiro atoms. The fraction of sp³-hybridized carbons (Fsp3) is 0.231. The minimum absolute atomic E-state index is 0.494. The molecule has 4 aromatic carbocycles. The Balaban J connectivity index is 1.63. The summed E-state index contributed by atoms with van der Waals surface area (Å²) >= 11 is 0. The number of likely N-dealkylation sites (tertiary alicyclic amines) is 1. The van der Waals surface area contributed by atoms with E-state index in [1.165, 1.54) is 58.5 Å². The van der Waals surface area contributed by atoms with Crippen LogP contribution >= 0.6 is 0 Å². The summed E-state index contributed by atoms with van der Waals surface area (Å²) in [5, 5.41) is 5.52. The van der Waals surface area contributed by atoms with Crippen molar-refractivity contribution in [3.63, 3.8) is 0 Å². The van der Waals surface area contributed by atoms with Gasteiger partial charge < -0.3 is 0 Å². The van der Waals surface area contributed by atoms with Crippen molar-refractivity contribution < 1.29 is 0 Å². The molecule has 27 heavy (non-hydrogen) atoms. The largest absolute Gasteiger partial charge is 0.292 e. The van der Waals surface area contributed by atoms with E-state index in [0.29, 0.717) is 6.04 Å². The predicted molar refractivity (Wildman–Crippen MR) is 115 cm³/mol. The molecule has 0 aromatic heterocycles. The second-order valence-corrected chi connectivity index (χ2v) is 7.70. The van der Waals surface area contributed by atoms with E-state index < -0.39 is 0 Å². The van der Waals surface area contributed by atoms with E-state index in [-0.39, 0.29) is 0 Å². The molecule has 1 aliphatic heterocycles. The Morgan fingerprint density at radius 1 is 0.704 bits per heavy atom. The second kappa shape index (κ2) is 7.17. The van der Waals surface area contributed by atoms with Gasteiger partial charge in [0.05, 0.1) is 0 Å². The summed E-state index contributed by atoms with van der Waals surface area (Å²) in [5.41, 5.74) is 2.91. The van der Waals surface area contributed by atoms with E-state index in [1.807, 2.05) is 0 Å². The molecule has 0 saturated carbocycles. The normalized spacial score (nSPS) is 18.1. The van der Waals surface area contributed by atoms with E-state index in [1.54, 1.807) is 0 Å². The van der Waals surface area contributed by atoms with Gasteiger partial charge in [-0.2, -0.15) is 0 Å². The molecule has 1 aliphatic rings. The van der Waals surface area contributed by atoms with Crippen molar-refractivity contribution in [1.29, 1.82) is 0 Å². The summed E-state index contributed by atoms with van der Waals surface area (Å²) in [6.45, 7) is 2.22. The maximum atomic E-state index is 2.69. The molecule has 0 bridgehead atoms. The molecule has 0 amide bonds. The molecular formula is C26H25N. The summed E-state index contributed by atoms with van der Waals surface area (Å²) in [6.07, 6.45) is 3.86. The molecule has 1 heteroatoms. The van der Waals surface area contributed by atoms with Gasteiger partial charge in [0.2, 0.25) is 0 Å². The highest BCUT2D eigenvalue weighted by Gasteiger charge is 2.26. The Hall–Kier alpha value is -2.64. The molecule has 1 fully saturated rings. The molecule has 0 aliphatic carbocycles. The zero-order valence-electron chi connectivity index (χ0n) is 15.6. The lowest BCUT2D eigenvalue weighted by molar-refractivity contribution is 0.141. The first-order valence-corrected chi connectivity index (χ1v) is 10.1. The van der Waals surface area contributed by atoms with Crippen molar-refractivity contribution in [3.05, 3.63) is 96.1 Å². The molecular weight excluding hydrogens is 326 g/mol. The van der Waals surface area contributed by atoms with Gasteiger partial charge in [-0.05, 0) is 58.1 Å². The summed E-state index contributed by atoms with van der Waals surface area (Å²) in [7, 11) is 0. The van der Waals surface area contributed by atoms with Crippen molar-refractivity contribution in [1.82, 2.24) is 4.90 Å². The van der Waals surface area contributed by atoms with Crippen LogP contribution in [0.1, 0.15) is 36.4 Å². The van der Waals surface area contributed by atoms with Gasteiger partial charge in [-0.15, -0.1) is 0 Å². The quantitative estimate of drug-likeness (QED) is 0.370. The SMILES string of the molecule is c1ccc(CN2CCCC[C@@H]2c2cc3ccccc3c3ccccc23)cc1. The fourth-order valence-corrected chi connectivity index (χ4v) is 4.71. The standard InChI is InChI=1S/C26H25N/c1-2-10-20(11-3-1)19-27-17-9-8-16-26(27)25-18-21-12-4-5-13-22(21)23-14-6-7-15-24(23)25/h1-7,10-15,18,26H,8-9,16-17,19H2/t26-/m1/s1. The molecule has 1 atom stereocenters. The molecule has 1 heterocycles. The van der Waals surface area contributed by atoms with Crippen LogP contribution in [0.4, 0.5) is 0 Å². The van der Waals surface area contributed by atoms with Gasteiger partial charge in [0.15, 0.2) is 0 Å². The van der Waals surface area contributed by atoms with Crippen molar-refractivity contribution >= 4 is 21.5 Å². The van der Waals surface area contributed by atoms with E-state index in [9.17, 15) is 0 Å². The van der Waals surface area contributed by atoms with Crippen molar-refractivity contribution in [2.75, 3.05) is 6.54 Å². The smallest absolute Gasteiger partial charge is 0.0358 e. The monoisotopic (exact) mass is 351 g/mol. The van der Waals surface area contributed by atoms with Crippen LogP contribution in [0.25, 0.3) is 21.5 Å². The van der Waals surface area contributed by atoms with Crippen LogP contribution in [0, 0.1) is 0 Å². The van der Waals surface area contributed by atoms with Crippen LogP contribution in [0.3, 0.4) is 0 Å². The van der Waals surface area contributed by atoms with E-state index in [4.69, 9.17) is 0 Å². The molecule has 0 unspecified atom stereocenters. The Labute approximate surface area is 161 Å². The molecule has 0 N–H and O–H groups in total. The average molecular weight is 351 g/mol. The molecule has 0 radical (unpaired) electrons. The van der Waals surface area contributed by atoms with Crippen LogP contribution in [-0.4, -0.2) is 11.4 Å². The van der Waals surface area contributed by atoms with Crippen molar-refractivity contribution in [2.24, 2.45) is 0 Å². The Bertz CT molecular complexity index is 1070. The summed E-state index contributed by atoms with van der Waals surface area (Å²) in [5.74, 6) is 0. The van der Waals surface area contributed by atoms with Gasteiger partial charge in [0.25, 0.3) is 0 Å². The van der Waals surface area contributed by atoms with Gasteiger partial charge in [0, 0.05) is 12.6 Å². The zero-order valence-corrected chi connectivity index (χ0v) is 15.6. The number of rotatable bonds is 3. The predicted octanol–water partition coefficient (Wildman–Crippen LogP) is 6.72. The minimum Gasteiger partial charge on any atom is -0.292 e. The third-order valence-corrected chi connectivity index (χ3v) is 6.00. The van der Waals surface area contributed by atoms with E-state index in [2.05, 4.69) is 89.8 Å². The van der Waals surface area contributed by atoms with Crippen molar-refractivity contribution in [3.8, 4) is 0 Å². The minimum atomic E-state index is 0.494. The Morgan fingerprint density at radius 2 is 1.41 bits per heavy atom. The van der Waals surface area contributed by atoms with Gasteiger partial charge >= 0.3 is 0 Å². The maximum Gasteiger partial charge on any atom is 0.0358 e. The Kier molecular flexibility index (Phi) is 4.39. The lowest BCUT2D eigenvalue weighted by Gasteiger charge is -2.37. The van der Waals surface area contributed by atoms with Crippen LogP contribution in [0.15, 0.2) is 84.9 Å². The highest BCUT2D eigenvalue weighted by atomic mass is 15.2. The fourth-order valence-electron chi connectivity index (χ4n) is 4.71. The lowest BCUT2D eigenvalue weighted by atomic mass is 9.88.